The molecule has 26 heteroatoms. The number of esters is 8. The second kappa shape index (κ2) is 27.7. The number of fused-ring (bicyclic) bond motifs is 2. The summed E-state index contributed by atoms with van der Waals surface area (Å²) in [7, 11) is 7.55. The number of anilines is 3. The molecule has 0 spiro atoms. The van der Waals surface area contributed by atoms with Crippen LogP contribution in [0.1, 0.15) is 27.7 Å². The highest BCUT2D eigenvalue weighted by molar-refractivity contribution is 6.03. The van der Waals surface area contributed by atoms with Crippen LogP contribution in [0.5, 0.6) is 11.5 Å². The molecule has 0 radical (unpaired) electrons. The summed E-state index contributed by atoms with van der Waals surface area (Å²) >= 11 is 0. The monoisotopic (exact) mass is 1070 g/mol. The van der Waals surface area contributed by atoms with Gasteiger partial charge in [-0.3, -0.25) is 48.5 Å². The lowest BCUT2D eigenvalue weighted by molar-refractivity contribution is -0.384. The van der Waals surface area contributed by atoms with Crippen LogP contribution in [0.2, 0.25) is 0 Å². The summed E-state index contributed by atoms with van der Waals surface area (Å²) in [5.74, 6) is -6.61. The molecule has 2 aliphatic rings. The van der Waals surface area contributed by atoms with Crippen molar-refractivity contribution < 1.29 is 95.1 Å². The maximum atomic E-state index is 13.3. The highest BCUT2D eigenvalue weighted by Crippen LogP contribution is 2.43. The molecule has 5 rings (SSSR count). The zero-order chi connectivity index (χ0) is 56.3. The highest BCUT2D eigenvalue weighted by Gasteiger charge is 2.27. The van der Waals surface area contributed by atoms with Gasteiger partial charge in [-0.15, -0.1) is 0 Å². The van der Waals surface area contributed by atoms with E-state index in [0.717, 1.165) is 55.8 Å². The number of benzene rings is 4. The van der Waals surface area contributed by atoms with E-state index < -0.39 is 118 Å². The molecular weight excluding hydrogens is 1020 g/mol. The maximum Gasteiger partial charge on any atom is 0.328 e. The molecule has 0 saturated carbocycles. The molecule has 3 aromatic carbocycles. The molecule has 1 heterocycles. The molecule has 0 amide bonds. The van der Waals surface area contributed by atoms with Gasteiger partial charge in [0.15, 0.2) is 0 Å². The van der Waals surface area contributed by atoms with E-state index in [1.807, 2.05) is 74.1 Å². The van der Waals surface area contributed by atoms with Crippen molar-refractivity contribution in [2.24, 2.45) is 0 Å². The molecule has 0 fully saturated rings. The fourth-order valence-corrected chi connectivity index (χ4v) is 7.05. The van der Waals surface area contributed by atoms with Crippen molar-refractivity contribution in [3.05, 3.63) is 88.3 Å². The fourth-order valence-electron chi connectivity index (χ4n) is 7.05. The normalized spacial score (nSPS) is 10.6. The lowest BCUT2D eigenvalue weighted by atomic mass is 9.93. The molecule has 77 heavy (non-hydrogen) atoms. The predicted octanol–water partition coefficient (Wildman–Crippen LogP) is 3.54. The summed E-state index contributed by atoms with van der Waals surface area (Å²) in [6, 6.07) is 19.6. The smallest absolute Gasteiger partial charge is 0.328 e. The molecule has 3 aromatic rings. The number of carbonyl (C=O) groups is 8. The van der Waals surface area contributed by atoms with Crippen LogP contribution in [0, 0.1) is 10.1 Å². The van der Waals surface area contributed by atoms with E-state index in [-0.39, 0.29) is 29.5 Å². The highest BCUT2D eigenvalue weighted by atomic mass is 16.7. The van der Waals surface area contributed by atoms with Crippen LogP contribution in [-0.2, 0) is 76.3 Å². The van der Waals surface area contributed by atoms with E-state index in [4.69, 9.17) is 42.3 Å². The molecule has 410 valence electrons. The Balaban J connectivity index is 1.61. The second-order valence-corrected chi connectivity index (χ2v) is 16.7. The number of hydrogen-bond donors (Lipinski definition) is 0. The fraction of sp³-hybridized carbons (Fsp3) is 0.353. The van der Waals surface area contributed by atoms with Crippen molar-refractivity contribution in [2.45, 2.75) is 27.7 Å². The van der Waals surface area contributed by atoms with Crippen molar-refractivity contribution in [1.29, 1.82) is 0 Å². The zero-order valence-electron chi connectivity index (χ0n) is 43.3. The first kappa shape index (κ1) is 58.4. The first-order valence-corrected chi connectivity index (χ1v) is 23.1. The van der Waals surface area contributed by atoms with E-state index in [2.05, 4.69) is 9.47 Å². The van der Waals surface area contributed by atoms with Crippen LogP contribution in [0.3, 0.4) is 0 Å². The van der Waals surface area contributed by atoms with Crippen LogP contribution in [0.15, 0.2) is 77.2 Å². The largest absolute Gasteiger partial charge is 0.488 e. The Morgan fingerprint density at radius 2 is 1.00 bits per heavy atom. The van der Waals surface area contributed by atoms with Gasteiger partial charge in [0.05, 0.1) is 28.4 Å². The van der Waals surface area contributed by atoms with Crippen molar-refractivity contribution in [1.82, 2.24) is 4.58 Å². The van der Waals surface area contributed by atoms with Gasteiger partial charge >= 0.3 is 47.8 Å². The van der Waals surface area contributed by atoms with Gasteiger partial charge < -0.3 is 66.5 Å². The van der Waals surface area contributed by atoms with Gasteiger partial charge in [0, 0.05) is 82.2 Å². The minimum Gasteiger partial charge on any atom is -0.488 e. The summed E-state index contributed by atoms with van der Waals surface area (Å²) in [6.07, 6.45) is 0. The van der Waals surface area contributed by atoms with E-state index in [0.29, 0.717) is 33.4 Å². The standard InChI is InChI=1S/C51H56N5O21/c1-31(57)69-27-73-47(61)23-54(24-48(62)74-28-70-32(2)58)41-15-9-35(51-39-13-10-36(52(5)6)20-43(39)77-44-21-37(53(7)8)11-14-40(44)51)19-45(41)67-17-18-68-46-22-38(56(65)66)12-16-42(46)55(25-49(63)75-29-71-33(3)59)26-50(64)76-30-72-34(4)60/h9-16,19-22H,17-18,23-30H2,1-8H3/q+1. The van der Waals surface area contributed by atoms with Crippen molar-refractivity contribution in [3.8, 4) is 33.9 Å². The number of rotatable bonds is 26. The van der Waals surface area contributed by atoms with Gasteiger partial charge in [-0.25, -0.2) is 4.58 Å². The first-order chi connectivity index (χ1) is 36.6. The number of nitro benzene ring substituents is 1. The Morgan fingerprint density at radius 1 is 0.545 bits per heavy atom. The van der Waals surface area contributed by atoms with Crippen LogP contribution in [0.4, 0.5) is 22.7 Å². The number of hydrogen-bond acceptors (Lipinski definition) is 24. The Morgan fingerprint density at radius 3 is 1.43 bits per heavy atom. The minimum absolute atomic E-state index is 0.0236. The van der Waals surface area contributed by atoms with Crippen LogP contribution >= 0.6 is 0 Å². The Labute approximate surface area is 439 Å². The Hall–Kier alpha value is -9.49. The van der Waals surface area contributed by atoms with E-state index in [1.54, 1.807) is 18.2 Å². The SMILES string of the molecule is CC(=O)OCOC(=O)CN(CC(=O)OCOC(C)=O)c1ccc(-c2c3ccc(=[N+](C)C)cc-3oc3cc(N(C)C)ccc23)cc1OCCOc1cc([N+](=O)[O-])ccc1N(CC(=O)OCOC(C)=O)CC(=O)OCOC(C)=O. The Kier molecular flexibility index (Phi) is 21.0. The van der Waals surface area contributed by atoms with Gasteiger partial charge in [-0.05, 0) is 42.0 Å². The average molecular weight is 1080 g/mol. The molecule has 0 N–H and O–H groups in total. The van der Waals surface area contributed by atoms with Crippen molar-refractivity contribution >= 4 is 81.5 Å². The molecule has 0 atom stereocenters. The summed E-state index contributed by atoms with van der Waals surface area (Å²) in [6.45, 7) is -2.21. The molecule has 1 aliphatic heterocycles. The predicted molar refractivity (Wildman–Crippen MR) is 269 cm³/mol. The lowest BCUT2D eigenvalue weighted by Gasteiger charge is -2.26. The third-order valence-electron chi connectivity index (χ3n) is 10.6. The molecule has 0 bridgehead atoms. The summed E-state index contributed by atoms with van der Waals surface area (Å²) in [4.78, 5) is 114. The molecule has 26 nitrogen and oxygen atoms in total. The van der Waals surface area contributed by atoms with Crippen LogP contribution < -0.4 is 34.1 Å². The van der Waals surface area contributed by atoms with E-state index in [9.17, 15) is 48.5 Å². The molecule has 0 saturated heterocycles. The van der Waals surface area contributed by atoms with Crippen molar-refractivity contribution in [3.63, 3.8) is 0 Å². The van der Waals surface area contributed by atoms with Gasteiger partial charge in [0.2, 0.25) is 32.5 Å². The van der Waals surface area contributed by atoms with E-state index in [1.165, 1.54) is 11.0 Å². The minimum atomic E-state index is -1.02. The van der Waals surface area contributed by atoms with Gasteiger partial charge in [0.25, 0.3) is 5.69 Å². The first-order valence-electron chi connectivity index (χ1n) is 23.1. The molecule has 1 aliphatic carbocycles. The molecule has 0 aromatic heterocycles. The lowest BCUT2D eigenvalue weighted by Crippen LogP contribution is -2.37. The average Bonchev–Trinajstić information content (AvgIpc) is 3.39. The second-order valence-electron chi connectivity index (χ2n) is 16.7. The topological polar surface area (TPSA) is 298 Å². The van der Waals surface area contributed by atoms with Crippen LogP contribution in [0.25, 0.3) is 33.4 Å². The van der Waals surface area contributed by atoms with E-state index >= 15 is 0 Å². The third kappa shape index (κ3) is 17.6. The molecular formula is C51H56N5O21+. The summed E-state index contributed by atoms with van der Waals surface area (Å²) < 4.78 is 60.1. The van der Waals surface area contributed by atoms with Gasteiger partial charge in [-0.2, -0.15) is 0 Å². The van der Waals surface area contributed by atoms with Gasteiger partial charge in [0.1, 0.15) is 76.3 Å². The number of nitro groups is 1. The zero-order valence-corrected chi connectivity index (χ0v) is 43.3. The number of ether oxygens (including phenoxy) is 10. The number of non-ortho nitro benzene ring substituents is 1. The number of nitrogens with zero attached hydrogens (tertiary/aromatic N) is 5. The van der Waals surface area contributed by atoms with Crippen molar-refractivity contribution in [2.75, 3.05) is 109 Å². The molecule has 0 unspecified atom stereocenters. The Bertz CT molecular complexity index is 2990. The summed E-state index contributed by atoms with van der Waals surface area (Å²) in [5, 5.41) is 13.6. The van der Waals surface area contributed by atoms with Crippen LogP contribution in [-0.4, -0.2) is 147 Å². The maximum absolute atomic E-state index is 13.3. The quantitative estimate of drug-likeness (QED) is 0.0112. The third-order valence-corrected chi connectivity index (χ3v) is 10.6. The summed E-state index contributed by atoms with van der Waals surface area (Å²) in [5.41, 5.74) is 2.88. The van der Waals surface area contributed by atoms with Gasteiger partial charge in [-0.1, -0.05) is 6.07 Å². The number of carbonyl (C=O) groups excluding carboxylic acids is 8.